The van der Waals surface area contributed by atoms with Gasteiger partial charge in [0.05, 0.1) is 6.10 Å². The number of nitrogens with zero attached hydrogens (tertiary/aromatic N) is 1. The molecular weight excluding hydrogens is 192 g/mol. The van der Waals surface area contributed by atoms with E-state index < -0.39 is 0 Å². The largest absolute Gasteiger partial charge is 0.390 e. The summed E-state index contributed by atoms with van der Waals surface area (Å²) in [7, 11) is 3.83. The molecular formula is C7H16N2OS2. The predicted octanol–water partition coefficient (Wildman–Crippen LogP) is 0.00300. The monoisotopic (exact) mass is 208 g/mol. The highest BCUT2D eigenvalue weighted by molar-refractivity contribution is 8.76. The van der Waals surface area contributed by atoms with Crippen LogP contribution in [0.25, 0.3) is 0 Å². The van der Waals surface area contributed by atoms with Gasteiger partial charge in [0, 0.05) is 37.7 Å². The van der Waals surface area contributed by atoms with Crippen molar-refractivity contribution in [2.75, 3.05) is 37.7 Å². The summed E-state index contributed by atoms with van der Waals surface area (Å²) >= 11 is 0. The van der Waals surface area contributed by atoms with Crippen molar-refractivity contribution in [3.05, 3.63) is 0 Å². The van der Waals surface area contributed by atoms with E-state index in [4.69, 9.17) is 5.73 Å². The SMILES string of the molecule is NC[C@@H](O)CN1CCSSCC1. The first-order valence-electron chi connectivity index (χ1n) is 4.18. The molecule has 0 bridgehead atoms. The maximum absolute atomic E-state index is 9.32. The maximum atomic E-state index is 9.32. The molecule has 0 radical (unpaired) electrons. The molecule has 1 heterocycles. The maximum Gasteiger partial charge on any atom is 0.0789 e. The topological polar surface area (TPSA) is 49.5 Å². The molecule has 0 spiro atoms. The minimum Gasteiger partial charge on any atom is -0.390 e. The van der Waals surface area contributed by atoms with E-state index in [1.54, 1.807) is 0 Å². The van der Waals surface area contributed by atoms with Crippen molar-refractivity contribution < 1.29 is 5.11 Å². The number of rotatable bonds is 3. The molecule has 1 aliphatic rings. The van der Waals surface area contributed by atoms with Gasteiger partial charge in [-0.05, 0) is 0 Å². The highest BCUT2D eigenvalue weighted by atomic mass is 33.1. The van der Waals surface area contributed by atoms with Crippen LogP contribution < -0.4 is 5.73 Å². The Morgan fingerprint density at radius 1 is 1.33 bits per heavy atom. The second kappa shape index (κ2) is 6.10. The quantitative estimate of drug-likeness (QED) is 0.640. The molecule has 0 unspecified atom stereocenters. The Kier molecular flexibility index (Phi) is 5.42. The van der Waals surface area contributed by atoms with Crippen LogP contribution >= 0.6 is 21.6 Å². The molecule has 3 N–H and O–H groups in total. The van der Waals surface area contributed by atoms with Crippen LogP contribution in [0, 0.1) is 0 Å². The van der Waals surface area contributed by atoms with Crippen molar-refractivity contribution >= 4 is 21.6 Å². The molecule has 1 atom stereocenters. The van der Waals surface area contributed by atoms with E-state index in [0.717, 1.165) is 31.1 Å². The van der Waals surface area contributed by atoms with Crippen LogP contribution in [0.15, 0.2) is 0 Å². The molecule has 1 fully saturated rings. The molecule has 0 saturated carbocycles. The molecule has 1 aliphatic heterocycles. The molecule has 0 aromatic heterocycles. The van der Waals surface area contributed by atoms with E-state index in [9.17, 15) is 5.11 Å². The Morgan fingerprint density at radius 3 is 2.42 bits per heavy atom. The van der Waals surface area contributed by atoms with Gasteiger partial charge in [0.25, 0.3) is 0 Å². The van der Waals surface area contributed by atoms with Crippen LogP contribution in [0.1, 0.15) is 0 Å². The summed E-state index contributed by atoms with van der Waals surface area (Å²) in [6, 6.07) is 0. The highest BCUT2D eigenvalue weighted by Crippen LogP contribution is 2.23. The highest BCUT2D eigenvalue weighted by Gasteiger charge is 2.12. The molecule has 5 heteroatoms. The van der Waals surface area contributed by atoms with Crippen molar-refractivity contribution in [3.63, 3.8) is 0 Å². The van der Waals surface area contributed by atoms with Gasteiger partial charge in [0.15, 0.2) is 0 Å². The Labute approximate surface area is 81.5 Å². The molecule has 0 aliphatic carbocycles. The summed E-state index contributed by atoms with van der Waals surface area (Å²) in [5.41, 5.74) is 5.34. The van der Waals surface area contributed by atoms with Crippen LogP contribution in [0.4, 0.5) is 0 Å². The summed E-state index contributed by atoms with van der Waals surface area (Å²) in [5.74, 6) is 2.31. The van der Waals surface area contributed by atoms with E-state index in [1.165, 1.54) is 0 Å². The molecule has 1 saturated heterocycles. The summed E-state index contributed by atoms with van der Waals surface area (Å²) in [6.07, 6.45) is -0.349. The Bertz CT molecular complexity index is 118. The second-order valence-electron chi connectivity index (χ2n) is 2.83. The third-order valence-electron chi connectivity index (χ3n) is 1.81. The van der Waals surface area contributed by atoms with Crippen molar-refractivity contribution in [2.24, 2.45) is 5.73 Å². The fraction of sp³-hybridized carbons (Fsp3) is 1.00. The fourth-order valence-corrected chi connectivity index (χ4v) is 3.17. The first-order chi connectivity index (χ1) is 5.83. The van der Waals surface area contributed by atoms with Gasteiger partial charge in [0.2, 0.25) is 0 Å². The normalized spacial score (nSPS) is 23.5. The van der Waals surface area contributed by atoms with Crippen molar-refractivity contribution in [2.45, 2.75) is 6.10 Å². The number of nitrogens with two attached hydrogens (primary N) is 1. The Morgan fingerprint density at radius 2 is 1.92 bits per heavy atom. The van der Waals surface area contributed by atoms with E-state index in [0.29, 0.717) is 6.54 Å². The summed E-state index contributed by atoms with van der Waals surface area (Å²) in [6.45, 7) is 3.26. The molecule has 72 valence electrons. The zero-order chi connectivity index (χ0) is 8.81. The van der Waals surface area contributed by atoms with Gasteiger partial charge in [0.1, 0.15) is 0 Å². The summed E-state index contributed by atoms with van der Waals surface area (Å²) < 4.78 is 0. The lowest BCUT2D eigenvalue weighted by molar-refractivity contribution is 0.126. The first-order valence-corrected chi connectivity index (χ1v) is 6.66. The molecule has 3 nitrogen and oxygen atoms in total. The summed E-state index contributed by atoms with van der Waals surface area (Å²) in [4.78, 5) is 2.28. The lowest BCUT2D eigenvalue weighted by Crippen LogP contribution is -2.38. The number of β-amino-alcohol motifs (C(OH)–C–C–N with tert-alkyl or cyclic N) is 1. The lowest BCUT2D eigenvalue weighted by Gasteiger charge is -2.21. The van der Waals surface area contributed by atoms with Crippen molar-refractivity contribution in [1.29, 1.82) is 0 Å². The molecule has 0 aromatic carbocycles. The number of hydrogen-bond acceptors (Lipinski definition) is 5. The molecule has 0 amide bonds. The minimum atomic E-state index is -0.349. The second-order valence-corrected chi connectivity index (χ2v) is 5.54. The van der Waals surface area contributed by atoms with Crippen LogP contribution in [-0.4, -0.2) is 53.8 Å². The molecule has 0 aromatic rings. The first kappa shape index (κ1) is 10.7. The van der Waals surface area contributed by atoms with Gasteiger partial charge in [-0.2, -0.15) is 0 Å². The molecule has 1 rings (SSSR count). The van der Waals surface area contributed by atoms with Crippen LogP contribution in [0.5, 0.6) is 0 Å². The van der Waals surface area contributed by atoms with Gasteiger partial charge in [-0.1, -0.05) is 21.6 Å². The van der Waals surface area contributed by atoms with E-state index >= 15 is 0 Å². The van der Waals surface area contributed by atoms with Gasteiger partial charge >= 0.3 is 0 Å². The Balaban J connectivity index is 2.20. The van der Waals surface area contributed by atoms with Gasteiger partial charge in [-0.3, -0.25) is 4.90 Å². The van der Waals surface area contributed by atoms with E-state index in [1.807, 2.05) is 21.6 Å². The van der Waals surface area contributed by atoms with Gasteiger partial charge in [-0.25, -0.2) is 0 Å². The number of aliphatic hydroxyl groups excluding tert-OH is 1. The summed E-state index contributed by atoms with van der Waals surface area (Å²) in [5, 5.41) is 9.32. The third kappa shape index (κ3) is 4.00. The average Bonchev–Trinajstić information content (AvgIpc) is 2.33. The van der Waals surface area contributed by atoms with Gasteiger partial charge < -0.3 is 10.8 Å². The van der Waals surface area contributed by atoms with Gasteiger partial charge in [-0.15, -0.1) is 0 Å². The number of hydrogen-bond donors (Lipinski definition) is 2. The van der Waals surface area contributed by atoms with E-state index in [2.05, 4.69) is 4.90 Å². The number of aliphatic hydroxyl groups is 1. The smallest absolute Gasteiger partial charge is 0.0789 e. The predicted molar refractivity (Wildman–Crippen MR) is 56.4 cm³/mol. The molecule has 12 heavy (non-hydrogen) atoms. The fourth-order valence-electron chi connectivity index (χ4n) is 1.12. The van der Waals surface area contributed by atoms with Crippen molar-refractivity contribution in [1.82, 2.24) is 4.90 Å². The van der Waals surface area contributed by atoms with Crippen LogP contribution in [-0.2, 0) is 0 Å². The van der Waals surface area contributed by atoms with Crippen molar-refractivity contribution in [3.8, 4) is 0 Å². The minimum absolute atomic E-state index is 0.349. The third-order valence-corrected chi connectivity index (χ3v) is 4.17. The zero-order valence-electron chi connectivity index (χ0n) is 7.11. The zero-order valence-corrected chi connectivity index (χ0v) is 8.74. The lowest BCUT2D eigenvalue weighted by atomic mass is 10.3. The van der Waals surface area contributed by atoms with Crippen LogP contribution in [0.3, 0.4) is 0 Å². The standard InChI is InChI=1S/C7H16N2OS2/c8-5-7(10)6-9-1-3-11-12-4-2-9/h7,10H,1-6,8H2/t7-/m1/s1. The average molecular weight is 208 g/mol. The van der Waals surface area contributed by atoms with Crippen LogP contribution in [0.2, 0.25) is 0 Å². The Hall–Kier alpha value is 0.580. The van der Waals surface area contributed by atoms with E-state index in [-0.39, 0.29) is 6.10 Å².